The van der Waals surface area contributed by atoms with Crippen LogP contribution in [0.15, 0.2) is 47.4 Å². The fourth-order valence-corrected chi connectivity index (χ4v) is 4.39. The molecule has 0 aromatic heterocycles. The quantitative estimate of drug-likeness (QED) is 0.781. The molecule has 0 aliphatic carbocycles. The summed E-state index contributed by atoms with van der Waals surface area (Å²) in [6.07, 6.45) is 0.784. The molecule has 5 nitrogen and oxygen atoms in total. The maximum atomic E-state index is 12.4. The smallest absolute Gasteiger partial charge is 0.242 e. The van der Waals surface area contributed by atoms with Gasteiger partial charge in [0.25, 0.3) is 0 Å². The van der Waals surface area contributed by atoms with E-state index in [2.05, 4.69) is 4.72 Å². The predicted octanol–water partition coefficient (Wildman–Crippen LogP) is 3.54. The van der Waals surface area contributed by atoms with Gasteiger partial charge in [-0.05, 0) is 36.6 Å². The topological polar surface area (TPSA) is 66.5 Å². The lowest BCUT2D eigenvalue weighted by atomic mass is 10.0. The van der Waals surface area contributed by atoms with Gasteiger partial charge in [0.15, 0.2) is 0 Å². The number of para-hydroxylation sites is 1. The summed E-state index contributed by atoms with van der Waals surface area (Å²) < 4.78 is 27.4. The first-order valence-electron chi connectivity index (χ1n) is 8.38. The summed E-state index contributed by atoms with van der Waals surface area (Å²) in [4.78, 5) is 13.8. The van der Waals surface area contributed by atoms with Gasteiger partial charge >= 0.3 is 0 Å². The van der Waals surface area contributed by atoms with E-state index in [4.69, 9.17) is 11.6 Å². The number of nitrogens with one attached hydrogen (secondary N) is 1. The summed E-state index contributed by atoms with van der Waals surface area (Å²) >= 11 is 5.97. The zero-order valence-corrected chi connectivity index (χ0v) is 16.7. The minimum Gasteiger partial charge on any atom is -0.311 e. The van der Waals surface area contributed by atoms with Crippen LogP contribution in [-0.4, -0.2) is 27.4 Å². The first-order valence-corrected chi connectivity index (χ1v) is 10.2. The summed E-state index contributed by atoms with van der Waals surface area (Å²) in [5, 5.41) is 0.163. The van der Waals surface area contributed by atoms with E-state index in [9.17, 15) is 13.2 Å². The van der Waals surface area contributed by atoms with Crippen LogP contribution < -0.4 is 9.62 Å². The molecule has 2 aromatic carbocycles. The van der Waals surface area contributed by atoms with Crippen LogP contribution in [0.2, 0.25) is 5.02 Å². The van der Waals surface area contributed by atoms with Crippen molar-refractivity contribution in [2.75, 3.05) is 18.0 Å². The minimum atomic E-state index is -3.74. The molecular weight excluding hydrogens is 372 g/mol. The first kappa shape index (κ1) is 20.4. The molecule has 1 N–H and O–H groups in total. The van der Waals surface area contributed by atoms with E-state index in [1.165, 1.54) is 19.1 Å². The molecule has 0 saturated carbocycles. The molecule has 140 valence electrons. The largest absolute Gasteiger partial charge is 0.311 e. The first-order chi connectivity index (χ1) is 12.3. The van der Waals surface area contributed by atoms with Gasteiger partial charge in [-0.1, -0.05) is 48.9 Å². The van der Waals surface area contributed by atoms with Crippen LogP contribution in [0.25, 0.3) is 0 Å². The summed E-state index contributed by atoms with van der Waals surface area (Å²) in [7, 11) is -3.74. The van der Waals surface area contributed by atoms with Crippen LogP contribution >= 0.6 is 11.6 Å². The lowest BCUT2D eigenvalue weighted by Gasteiger charge is -2.26. The highest BCUT2D eigenvalue weighted by molar-refractivity contribution is 7.89. The standard InChI is InChI=1S/C19H23ClN2O3S/c1-4-16-9-7-8-14(2)19(16)22(15(3)23)13-12-21-26(24,25)18-11-6-5-10-17(18)20/h5-11,21H,4,12-13H2,1-3H3. The van der Waals surface area contributed by atoms with Crippen molar-refractivity contribution in [1.29, 1.82) is 0 Å². The van der Waals surface area contributed by atoms with Gasteiger partial charge in [-0.15, -0.1) is 0 Å². The Morgan fingerprint density at radius 3 is 2.46 bits per heavy atom. The molecule has 0 aliphatic heterocycles. The van der Waals surface area contributed by atoms with Gasteiger partial charge in [0, 0.05) is 25.7 Å². The van der Waals surface area contributed by atoms with Crippen molar-refractivity contribution in [3.8, 4) is 0 Å². The van der Waals surface area contributed by atoms with Crippen LogP contribution in [0.3, 0.4) is 0 Å². The number of rotatable bonds is 7. The highest BCUT2D eigenvalue weighted by atomic mass is 35.5. The van der Waals surface area contributed by atoms with E-state index in [1.807, 2.05) is 32.0 Å². The second-order valence-electron chi connectivity index (χ2n) is 5.94. The number of carbonyl (C=O) groups excluding carboxylic acids is 1. The fourth-order valence-electron chi connectivity index (χ4n) is 2.85. The van der Waals surface area contributed by atoms with E-state index in [-0.39, 0.29) is 28.9 Å². The Balaban J connectivity index is 2.19. The molecule has 1 amide bonds. The Morgan fingerprint density at radius 1 is 1.15 bits per heavy atom. The van der Waals surface area contributed by atoms with Gasteiger partial charge in [0.1, 0.15) is 4.90 Å². The number of sulfonamides is 1. The van der Waals surface area contributed by atoms with E-state index in [0.717, 1.165) is 23.2 Å². The zero-order chi connectivity index (χ0) is 19.3. The third kappa shape index (κ3) is 4.63. The second kappa shape index (κ2) is 8.66. The number of anilines is 1. The Kier molecular flexibility index (Phi) is 6.81. The molecule has 2 rings (SSSR count). The van der Waals surface area contributed by atoms with Gasteiger partial charge < -0.3 is 4.90 Å². The highest BCUT2D eigenvalue weighted by Gasteiger charge is 2.20. The zero-order valence-electron chi connectivity index (χ0n) is 15.1. The van der Waals surface area contributed by atoms with Gasteiger partial charge in [-0.3, -0.25) is 4.79 Å². The van der Waals surface area contributed by atoms with Crippen molar-refractivity contribution in [2.24, 2.45) is 0 Å². The van der Waals surface area contributed by atoms with Crippen LogP contribution in [0, 0.1) is 6.92 Å². The second-order valence-corrected chi connectivity index (χ2v) is 8.08. The average Bonchev–Trinajstić information content (AvgIpc) is 2.59. The molecule has 0 aliphatic rings. The Morgan fingerprint density at radius 2 is 1.85 bits per heavy atom. The number of hydrogen-bond donors (Lipinski definition) is 1. The predicted molar refractivity (Wildman–Crippen MR) is 105 cm³/mol. The third-order valence-electron chi connectivity index (χ3n) is 4.11. The number of benzene rings is 2. The van der Waals surface area contributed by atoms with E-state index in [1.54, 1.807) is 17.0 Å². The van der Waals surface area contributed by atoms with Crippen molar-refractivity contribution in [2.45, 2.75) is 32.1 Å². The summed E-state index contributed by atoms with van der Waals surface area (Å²) in [5.41, 5.74) is 2.88. The molecular formula is C19H23ClN2O3S. The lowest BCUT2D eigenvalue weighted by molar-refractivity contribution is -0.116. The maximum absolute atomic E-state index is 12.4. The number of aryl methyl sites for hydroxylation is 2. The fraction of sp³-hybridized carbons (Fsp3) is 0.316. The number of hydrogen-bond acceptors (Lipinski definition) is 3. The Bertz CT molecular complexity index is 897. The molecule has 0 fully saturated rings. The molecule has 0 saturated heterocycles. The van der Waals surface area contributed by atoms with Crippen molar-refractivity contribution >= 4 is 33.2 Å². The van der Waals surface area contributed by atoms with Gasteiger partial charge in [0.05, 0.1) is 5.02 Å². The van der Waals surface area contributed by atoms with Crippen LogP contribution in [-0.2, 0) is 21.2 Å². The van der Waals surface area contributed by atoms with Crippen molar-refractivity contribution in [3.05, 3.63) is 58.6 Å². The molecule has 2 aromatic rings. The van der Waals surface area contributed by atoms with Gasteiger partial charge in [-0.25, -0.2) is 13.1 Å². The number of halogens is 1. The van der Waals surface area contributed by atoms with Crippen molar-refractivity contribution in [1.82, 2.24) is 4.72 Å². The SMILES string of the molecule is CCc1cccc(C)c1N(CCNS(=O)(=O)c1ccccc1Cl)C(C)=O. The highest BCUT2D eigenvalue weighted by Crippen LogP contribution is 2.26. The molecule has 0 heterocycles. The maximum Gasteiger partial charge on any atom is 0.242 e. The number of carbonyl (C=O) groups is 1. The van der Waals surface area contributed by atoms with E-state index < -0.39 is 10.0 Å². The van der Waals surface area contributed by atoms with Crippen LogP contribution in [0.4, 0.5) is 5.69 Å². The Hall–Kier alpha value is -1.89. The summed E-state index contributed by atoms with van der Waals surface area (Å²) in [5.74, 6) is -0.133. The molecule has 0 atom stereocenters. The summed E-state index contributed by atoms with van der Waals surface area (Å²) in [6.45, 7) is 5.77. The average molecular weight is 395 g/mol. The lowest BCUT2D eigenvalue weighted by Crippen LogP contribution is -2.38. The summed E-state index contributed by atoms with van der Waals surface area (Å²) in [6, 6.07) is 12.1. The minimum absolute atomic E-state index is 0.0289. The van der Waals surface area contributed by atoms with Gasteiger partial charge in [0.2, 0.25) is 15.9 Å². The molecule has 0 radical (unpaired) electrons. The number of amides is 1. The van der Waals surface area contributed by atoms with Crippen LogP contribution in [0.1, 0.15) is 25.0 Å². The van der Waals surface area contributed by atoms with Gasteiger partial charge in [-0.2, -0.15) is 0 Å². The van der Waals surface area contributed by atoms with E-state index in [0.29, 0.717) is 0 Å². The van der Waals surface area contributed by atoms with Crippen LogP contribution in [0.5, 0.6) is 0 Å². The Labute approximate surface area is 160 Å². The third-order valence-corrected chi connectivity index (χ3v) is 6.07. The molecule has 0 spiro atoms. The molecule has 7 heteroatoms. The van der Waals surface area contributed by atoms with Crippen molar-refractivity contribution < 1.29 is 13.2 Å². The van der Waals surface area contributed by atoms with E-state index >= 15 is 0 Å². The molecule has 0 unspecified atom stereocenters. The number of nitrogens with zero attached hydrogens (tertiary/aromatic N) is 1. The normalized spacial score (nSPS) is 11.4. The monoisotopic (exact) mass is 394 g/mol. The van der Waals surface area contributed by atoms with Crippen molar-refractivity contribution in [3.63, 3.8) is 0 Å². The molecule has 0 bridgehead atoms. The molecule has 26 heavy (non-hydrogen) atoms.